The monoisotopic (exact) mass is 166 g/mol. The quantitative estimate of drug-likeness (QED) is 0.477. The van der Waals surface area contributed by atoms with Crippen LogP contribution in [0.2, 0.25) is 0 Å². The first-order valence-corrected chi connectivity index (χ1v) is 5.53. The molecular weight excluding hydrogens is 144 g/mol. The molecule has 2 aliphatic carbocycles. The SMILES string of the molecule is CC.CC1CCC2C=CCC2C1. The Bertz CT molecular complexity index is 146. The van der Waals surface area contributed by atoms with Gasteiger partial charge < -0.3 is 0 Å². The summed E-state index contributed by atoms with van der Waals surface area (Å²) in [6, 6.07) is 0. The first-order valence-electron chi connectivity index (χ1n) is 5.53. The van der Waals surface area contributed by atoms with Crippen LogP contribution in [0.4, 0.5) is 0 Å². The summed E-state index contributed by atoms with van der Waals surface area (Å²) in [6.45, 7) is 6.40. The Balaban J connectivity index is 0.000000336. The highest BCUT2D eigenvalue weighted by Crippen LogP contribution is 2.39. The van der Waals surface area contributed by atoms with E-state index in [9.17, 15) is 0 Å². The van der Waals surface area contributed by atoms with Gasteiger partial charge in [-0.25, -0.2) is 0 Å². The fourth-order valence-corrected chi connectivity index (χ4v) is 2.47. The average molecular weight is 166 g/mol. The zero-order valence-corrected chi connectivity index (χ0v) is 8.72. The molecule has 2 rings (SSSR count). The first-order chi connectivity index (χ1) is 5.86. The smallest absolute Gasteiger partial charge is 0.0202 e. The molecule has 0 spiro atoms. The lowest BCUT2D eigenvalue weighted by Gasteiger charge is -2.29. The number of rotatable bonds is 0. The van der Waals surface area contributed by atoms with Crippen LogP contribution in [-0.4, -0.2) is 0 Å². The van der Waals surface area contributed by atoms with Gasteiger partial charge in [-0.3, -0.25) is 0 Å². The lowest BCUT2D eigenvalue weighted by molar-refractivity contribution is 0.241. The molecule has 3 atom stereocenters. The standard InChI is InChI=1S/C10H16.C2H6/c1-8-5-6-9-3-2-4-10(9)7-8;1-2/h2-3,8-10H,4-7H2,1H3;1-2H3. The van der Waals surface area contributed by atoms with Gasteiger partial charge in [0.15, 0.2) is 0 Å². The molecule has 0 amide bonds. The van der Waals surface area contributed by atoms with Crippen LogP contribution in [0.15, 0.2) is 12.2 Å². The van der Waals surface area contributed by atoms with Gasteiger partial charge in [0.25, 0.3) is 0 Å². The van der Waals surface area contributed by atoms with Crippen molar-refractivity contribution in [2.24, 2.45) is 17.8 Å². The van der Waals surface area contributed by atoms with Gasteiger partial charge in [-0.1, -0.05) is 39.3 Å². The lowest BCUT2D eigenvalue weighted by atomic mass is 9.76. The van der Waals surface area contributed by atoms with Crippen LogP contribution in [0.3, 0.4) is 0 Å². The Morgan fingerprint density at radius 3 is 2.67 bits per heavy atom. The molecule has 1 fully saturated rings. The molecule has 2 aliphatic rings. The van der Waals surface area contributed by atoms with Gasteiger partial charge >= 0.3 is 0 Å². The maximum absolute atomic E-state index is 2.44. The molecule has 0 aromatic heterocycles. The highest BCUT2D eigenvalue weighted by Gasteiger charge is 2.28. The van der Waals surface area contributed by atoms with E-state index < -0.39 is 0 Å². The van der Waals surface area contributed by atoms with E-state index in [0.29, 0.717) is 0 Å². The maximum Gasteiger partial charge on any atom is -0.0202 e. The first kappa shape index (κ1) is 9.83. The molecule has 0 N–H and O–H groups in total. The summed E-state index contributed by atoms with van der Waals surface area (Å²) in [5, 5.41) is 0. The molecule has 0 heteroatoms. The molecule has 0 saturated heterocycles. The van der Waals surface area contributed by atoms with Crippen molar-refractivity contribution in [2.45, 2.75) is 46.5 Å². The molecule has 0 aliphatic heterocycles. The lowest BCUT2D eigenvalue weighted by Crippen LogP contribution is -2.18. The molecular formula is C12H22. The van der Waals surface area contributed by atoms with Crippen LogP contribution in [0, 0.1) is 17.8 Å². The Labute approximate surface area is 77.1 Å². The predicted molar refractivity (Wildman–Crippen MR) is 55.1 cm³/mol. The molecule has 0 aromatic rings. The molecule has 1 saturated carbocycles. The molecule has 0 radical (unpaired) electrons. The van der Waals surface area contributed by atoms with Crippen molar-refractivity contribution in [3.63, 3.8) is 0 Å². The van der Waals surface area contributed by atoms with Crippen molar-refractivity contribution < 1.29 is 0 Å². The molecule has 0 aromatic carbocycles. The van der Waals surface area contributed by atoms with Crippen LogP contribution in [0.1, 0.15) is 46.5 Å². The van der Waals surface area contributed by atoms with E-state index in [4.69, 9.17) is 0 Å². The molecule has 0 heterocycles. The summed E-state index contributed by atoms with van der Waals surface area (Å²) in [5.74, 6) is 3.00. The van der Waals surface area contributed by atoms with E-state index in [-0.39, 0.29) is 0 Å². The van der Waals surface area contributed by atoms with Crippen molar-refractivity contribution in [3.05, 3.63) is 12.2 Å². The van der Waals surface area contributed by atoms with Gasteiger partial charge in [0, 0.05) is 0 Å². The van der Waals surface area contributed by atoms with Crippen LogP contribution in [-0.2, 0) is 0 Å². The van der Waals surface area contributed by atoms with E-state index in [1.807, 2.05) is 13.8 Å². The zero-order valence-electron chi connectivity index (χ0n) is 8.72. The summed E-state index contributed by atoms with van der Waals surface area (Å²) in [4.78, 5) is 0. The normalized spacial score (nSPS) is 38.4. The Kier molecular flexibility index (Phi) is 3.84. The summed E-state index contributed by atoms with van der Waals surface area (Å²) < 4.78 is 0. The largest absolute Gasteiger partial charge is 0.0880 e. The second-order valence-corrected chi connectivity index (χ2v) is 4.01. The van der Waals surface area contributed by atoms with Crippen LogP contribution >= 0.6 is 0 Å². The zero-order chi connectivity index (χ0) is 8.97. The Morgan fingerprint density at radius 2 is 1.92 bits per heavy atom. The van der Waals surface area contributed by atoms with E-state index in [1.54, 1.807) is 0 Å². The second kappa shape index (κ2) is 4.69. The fraction of sp³-hybridized carbons (Fsp3) is 0.833. The fourth-order valence-electron chi connectivity index (χ4n) is 2.47. The van der Waals surface area contributed by atoms with Gasteiger partial charge in [-0.05, 0) is 37.0 Å². The summed E-state index contributed by atoms with van der Waals surface area (Å²) in [7, 11) is 0. The van der Waals surface area contributed by atoms with Crippen LogP contribution in [0.25, 0.3) is 0 Å². The van der Waals surface area contributed by atoms with Crippen LogP contribution < -0.4 is 0 Å². The van der Waals surface area contributed by atoms with E-state index in [2.05, 4.69) is 19.1 Å². The molecule has 0 bridgehead atoms. The third kappa shape index (κ3) is 2.12. The predicted octanol–water partition coefficient (Wildman–Crippen LogP) is 4.02. The highest BCUT2D eigenvalue weighted by molar-refractivity contribution is 5.03. The van der Waals surface area contributed by atoms with Crippen LogP contribution in [0.5, 0.6) is 0 Å². The Morgan fingerprint density at radius 1 is 1.17 bits per heavy atom. The van der Waals surface area contributed by atoms with Gasteiger partial charge in [0.05, 0.1) is 0 Å². The van der Waals surface area contributed by atoms with Crippen molar-refractivity contribution in [1.29, 1.82) is 0 Å². The molecule has 0 nitrogen and oxygen atoms in total. The highest BCUT2D eigenvalue weighted by atomic mass is 14.3. The summed E-state index contributed by atoms with van der Waals surface area (Å²) >= 11 is 0. The van der Waals surface area contributed by atoms with E-state index in [1.165, 1.54) is 25.7 Å². The molecule has 70 valence electrons. The number of allylic oxidation sites excluding steroid dienone is 2. The maximum atomic E-state index is 2.44. The third-order valence-electron chi connectivity index (χ3n) is 3.13. The average Bonchev–Trinajstić information content (AvgIpc) is 2.54. The van der Waals surface area contributed by atoms with E-state index >= 15 is 0 Å². The topological polar surface area (TPSA) is 0 Å². The van der Waals surface area contributed by atoms with Crippen molar-refractivity contribution in [2.75, 3.05) is 0 Å². The molecule has 12 heavy (non-hydrogen) atoms. The van der Waals surface area contributed by atoms with Crippen molar-refractivity contribution >= 4 is 0 Å². The van der Waals surface area contributed by atoms with Gasteiger partial charge in [0.2, 0.25) is 0 Å². The summed E-state index contributed by atoms with van der Waals surface area (Å²) in [5.41, 5.74) is 0. The number of hydrogen-bond acceptors (Lipinski definition) is 0. The molecule has 3 unspecified atom stereocenters. The van der Waals surface area contributed by atoms with Crippen molar-refractivity contribution in [1.82, 2.24) is 0 Å². The second-order valence-electron chi connectivity index (χ2n) is 4.01. The third-order valence-corrected chi connectivity index (χ3v) is 3.13. The van der Waals surface area contributed by atoms with Gasteiger partial charge in [0.1, 0.15) is 0 Å². The van der Waals surface area contributed by atoms with Crippen molar-refractivity contribution in [3.8, 4) is 0 Å². The Hall–Kier alpha value is -0.260. The van der Waals surface area contributed by atoms with Gasteiger partial charge in [-0.2, -0.15) is 0 Å². The number of fused-ring (bicyclic) bond motifs is 1. The van der Waals surface area contributed by atoms with E-state index in [0.717, 1.165) is 17.8 Å². The minimum absolute atomic E-state index is 0.969. The number of hydrogen-bond donors (Lipinski definition) is 0. The minimum atomic E-state index is 0.969. The van der Waals surface area contributed by atoms with Gasteiger partial charge in [-0.15, -0.1) is 0 Å². The summed E-state index contributed by atoms with van der Waals surface area (Å²) in [6.07, 6.45) is 10.6. The minimum Gasteiger partial charge on any atom is -0.0880 e.